The van der Waals surface area contributed by atoms with Crippen molar-refractivity contribution in [3.63, 3.8) is 0 Å². The molecule has 1 saturated carbocycles. The van der Waals surface area contributed by atoms with Crippen LogP contribution >= 0.6 is 0 Å². The number of azide groups is 1. The Morgan fingerprint density at radius 1 is 1.41 bits per heavy atom. The highest BCUT2D eigenvalue weighted by molar-refractivity contribution is 6.74. The molecule has 11 heteroatoms. The Balaban J connectivity index is 2.03. The number of nitrogens with one attached hydrogen (secondary N) is 1. The van der Waals surface area contributed by atoms with Crippen LogP contribution in [0, 0.1) is 0 Å². The first kappa shape index (κ1) is 19.8. The lowest BCUT2D eigenvalue weighted by Crippen LogP contribution is -2.52. The summed E-state index contributed by atoms with van der Waals surface area (Å²) in [4.78, 5) is 28.7. The van der Waals surface area contributed by atoms with Crippen molar-refractivity contribution in [2.75, 3.05) is 7.11 Å². The summed E-state index contributed by atoms with van der Waals surface area (Å²) in [5.74, 6) is 0. The highest BCUT2D eigenvalue weighted by Gasteiger charge is 2.79. The molecule has 1 aliphatic carbocycles. The third kappa shape index (κ3) is 2.95. The lowest BCUT2D eigenvalue weighted by molar-refractivity contribution is -0.0874. The van der Waals surface area contributed by atoms with E-state index in [2.05, 4.69) is 48.9 Å². The van der Waals surface area contributed by atoms with Crippen LogP contribution in [0.25, 0.3) is 10.4 Å². The number of hydrogen-bond donors (Lipinski definition) is 1. The fourth-order valence-corrected chi connectivity index (χ4v) is 4.95. The standard InChI is InChI=1S/C16H25N5O5Si/c1-15(2,3)27(5,6)26-16-10(19-20-17)11(16)25-13(12(16)24-4)21-8-7-9(22)18-14(21)23/h7-8,10-13H,1-6H3,(H,18,22,23)/t10?,11-,12+,13-,16?/m1/s1. The van der Waals surface area contributed by atoms with Crippen molar-refractivity contribution < 1.29 is 13.9 Å². The number of ether oxygens (including phenoxy) is 2. The maximum Gasteiger partial charge on any atom is 0.330 e. The minimum atomic E-state index is -2.27. The van der Waals surface area contributed by atoms with Crippen LogP contribution in [0.3, 0.4) is 0 Å². The predicted octanol–water partition coefficient (Wildman–Crippen LogP) is 1.90. The molecule has 0 spiro atoms. The first-order valence-corrected chi connectivity index (χ1v) is 11.6. The summed E-state index contributed by atoms with van der Waals surface area (Å²) >= 11 is 0. The maximum absolute atomic E-state index is 12.2. The van der Waals surface area contributed by atoms with Crippen LogP contribution < -0.4 is 11.2 Å². The molecule has 0 radical (unpaired) electrons. The average Bonchev–Trinajstić information content (AvgIpc) is 2.98. The third-order valence-electron chi connectivity index (χ3n) is 5.87. The maximum atomic E-state index is 12.2. The van der Waals surface area contributed by atoms with Gasteiger partial charge in [-0.1, -0.05) is 25.9 Å². The molecular formula is C16H25N5O5Si. The van der Waals surface area contributed by atoms with Gasteiger partial charge in [-0.15, -0.1) is 0 Å². The summed E-state index contributed by atoms with van der Waals surface area (Å²) in [6, 6.07) is 0.713. The summed E-state index contributed by atoms with van der Waals surface area (Å²) < 4.78 is 19.6. The monoisotopic (exact) mass is 395 g/mol. The molecule has 1 aromatic heterocycles. The Hall–Kier alpha value is -1.91. The largest absolute Gasteiger partial charge is 0.405 e. The zero-order chi connectivity index (χ0) is 20.2. The number of H-pyrrole nitrogens is 1. The zero-order valence-corrected chi connectivity index (χ0v) is 17.3. The van der Waals surface area contributed by atoms with Gasteiger partial charge in [0.05, 0.1) is 6.04 Å². The third-order valence-corrected chi connectivity index (χ3v) is 10.3. The molecule has 5 atom stereocenters. The predicted molar refractivity (Wildman–Crippen MR) is 100.0 cm³/mol. The second-order valence-corrected chi connectivity index (χ2v) is 13.2. The first-order valence-electron chi connectivity index (χ1n) is 8.73. The smallest absolute Gasteiger partial charge is 0.330 e. The molecule has 27 heavy (non-hydrogen) atoms. The molecule has 1 aliphatic heterocycles. The van der Waals surface area contributed by atoms with Crippen molar-refractivity contribution in [2.45, 2.75) is 69.0 Å². The van der Waals surface area contributed by atoms with E-state index in [-0.39, 0.29) is 5.04 Å². The van der Waals surface area contributed by atoms with Crippen LogP contribution in [-0.2, 0) is 13.9 Å². The average molecular weight is 395 g/mol. The summed E-state index contributed by atoms with van der Waals surface area (Å²) in [7, 11) is -0.769. The van der Waals surface area contributed by atoms with E-state index in [0.29, 0.717) is 0 Å². The summed E-state index contributed by atoms with van der Waals surface area (Å²) in [5, 5.41) is 3.77. The van der Waals surface area contributed by atoms with Gasteiger partial charge in [-0.05, 0) is 23.7 Å². The second-order valence-electron chi connectivity index (χ2n) is 8.49. The zero-order valence-electron chi connectivity index (χ0n) is 16.3. The fourth-order valence-electron chi connectivity index (χ4n) is 3.41. The van der Waals surface area contributed by atoms with Gasteiger partial charge in [0.1, 0.15) is 17.8 Å². The molecule has 1 N–H and O–H groups in total. The molecule has 2 heterocycles. The number of fused-ring (bicyclic) bond motifs is 1. The molecule has 0 amide bonds. The molecule has 2 fully saturated rings. The Morgan fingerprint density at radius 3 is 2.59 bits per heavy atom. The molecule has 2 unspecified atom stereocenters. The van der Waals surface area contributed by atoms with Crippen LogP contribution in [0.1, 0.15) is 27.0 Å². The Labute approximate surface area is 157 Å². The number of rotatable bonds is 5. The topological polar surface area (TPSA) is 131 Å². The van der Waals surface area contributed by atoms with Crippen molar-refractivity contribution >= 4 is 8.32 Å². The molecular weight excluding hydrogens is 370 g/mol. The van der Waals surface area contributed by atoms with Gasteiger partial charge in [0.2, 0.25) is 0 Å². The van der Waals surface area contributed by atoms with Crippen molar-refractivity contribution in [3.05, 3.63) is 43.5 Å². The minimum Gasteiger partial charge on any atom is -0.405 e. The fraction of sp³-hybridized carbons (Fsp3) is 0.750. The summed E-state index contributed by atoms with van der Waals surface area (Å²) in [6.07, 6.45) is -0.614. The normalized spacial score (nSPS) is 32.7. The SMILES string of the molecule is CO[C@H]1[C@H](n2ccc(=O)[nH]c2=O)O[C@@H]2C(N=[N+]=[N-])C21O[Si](C)(C)C(C)(C)C. The van der Waals surface area contributed by atoms with E-state index in [0.717, 1.165) is 0 Å². The van der Waals surface area contributed by atoms with E-state index < -0.39 is 49.6 Å². The van der Waals surface area contributed by atoms with Crippen LogP contribution in [-0.4, -0.2) is 48.8 Å². The van der Waals surface area contributed by atoms with Gasteiger partial charge >= 0.3 is 5.69 Å². The van der Waals surface area contributed by atoms with Crippen LogP contribution in [0.5, 0.6) is 0 Å². The number of aromatic nitrogens is 2. The first-order chi connectivity index (χ1) is 12.5. The Morgan fingerprint density at radius 2 is 2.07 bits per heavy atom. The molecule has 148 valence electrons. The summed E-state index contributed by atoms with van der Waals surface area (Å²) in [6.45, 7) is 10.5. The second kappa shape index (κ2) is 6.32. The van der Waals surface area contributed by atoms with E-state index >= 15 is 0 Å². The van der Waals surface area contributed by atoms with Gasteiger partial charge in [0.25, 0.3) is 5.56 Å². The Kier molecular flexibility index (Phi) is 4.64. The Bertz CT molecular complexity index is 899. The van der Waals surface area contributed by atoms with Crippen molar-refractivity contribution in [2.24, 2.45) is 5.11 Å². The van der Waals surface area contributed by atoms with Gasteiger partial charge in [-0.3, -0.25) is 14.3 Å². The summed E-state index contributed by atoms with van der Waals surface area (Å²) in [5.41, 5.74) is 6.90. The van der Waals surface area contributed by atoms with Crippen molar-refractivity contribution in [1.82, 2.24) is 9.55 Å². The van der Waals surface area contributed by atoms with Crippen molar-refractivity contribution in [1.29, 1.82) is 0 Å². The number of aromatic amines is 1. The van der Waals surface area contributed by atoms with Crippen molar-refractivity contribution in [3.8, 4) is 0 Å². The molecule has 1 saturated heterocycles. The van der Waals surface area contributed by atoms with E-state index in [9.17, 15) is 9.59 Å². The van der Waals surface area contributed by atoms with Gasteiger partial charge in [-0.25, -0.2) is 4.79 Å². The lowest BCUT2D eigenvalue weighted by Gasteiger charge is -2.41. The molecule has 10 nitrogen and oxygen atoms in total. The number of hydrogen-bond acceptors (Lipinski definition) is 6. The van der Waals surface area contributed by atoms with Gasteiger partial charge in [0, 0.05) is 24.3 Å². The van der Waals surface area contributed by atoms with Gasteiger partial charge < -0.3 is 13.9 Å². The van der Waals surface area contributed by atoms with Crippen LogP contribution in [0.2, 0.25) is 18.1 Å². The molecule has 2 aliphatic rings. The van der Waals surface area contributed by atoms with Crippen LogP contribution in [0.15, 0.2) is 27.0 Å². The molecule has 0 bridgehead atoms. The lowest BCUT2D eigenvalue weighted by atomic mass is 10.1. The number of methoxy groups -OCH3 is 1. The molecule has 1 aromatic rings. The highest BCUT2D eigenvalue weighted by atomic mass is 28.4. The van der Waals surface area contributed by atoms with E-state index in [1.807, 2.05) is 0 Å². The van der Waals surface area contributed by atoms with Gasteiger partial charge in [-0.2, -0.15) is 0 Å². The van der Waals surface area contributed by atoms with E-state index in [4.69, 9.17) is 19.4 Å². The quantitative estimate of drug-likeness (QED) is 0.352. The number of nitrogens with zero attached hydrogens (tertiary/aromatic N) is 4. The molecule has 3 rings (SSSR count). The van der Waals surface area contributed by atoms with Crippen LogP contribution in [0.4, 0.5) is 0 Å². The van der Waals surface area contributed by atoms with E-state index in [1.165, 1.54) is 23.9 Å². The minimum absolute atomic E-state index is 0.0823. The van der Waals surface area contributed by atoms with Gasteiger partial charge in [0.15, 0.2) is 14.5 Å². The molecule has 0 aromatic carbocycles. The van der Waals surface area contributed by atoms with E-state index in [1.54, 1.807) is 0 Å². The highest BCUT2D eigenvalue weighted by Crippen LogP contribution is 2.61.